The van der Waals surface area contributed by atoms with Crippen LogP contribution in [0.5, 0.6) is 11.5 Å². The van der Waals surface area contributed by atoms with Gasteiger partial charge in [0.25, 0.3) is 0 Å². The number of benzene rings is 2. The number of aromatic hydroxyl groups is 1. The van der Waals surface area contributed by atoms with E-state index in [0.29, 0.717) is 22.9 Å². The molecule has 1 aliphatic heterocycles. The quantitative estimate of drug-likeness (QED) is 0.387. The van der Waals surface area contributed by atoms with Crippen LogP contribution in [0.4, 0.5) is 0 Å². The number of methoxy groups -OCH3 is 1. The van der Waals surface area contributed by atoms with E-state index in [1.54, 1.807) is 17.9 Å². The van der Waals surface area contributed by atoms with Crippen molar-refractivity contribution in [2.24, 2.45) is 7.05 Å². The van der Waals surface area contributed by atoms with Crippen molar-refractivity contribution in [3.63, 3.8) is 0 Å². The maximum Gasteiger partial charge on any atom is 0.147 e. The van der Waals surface area contributed by atoms with E-state index in [0.717, 1.165) is 53.1 Å². The largest absolute Gasteiger partial charge is 0.507 e. The standard InChI is InChI=1S/C25H23N7O2S/c1-31-10-17-7-16(9-24(34-2)25(17)29-31)15-3-4-20(23(33)8-15)22-6-5-21(27-28-22)18-11-32(12-18)13-19-14-35-30-26-19/h3-10,14,18,33H,11-13H2,1-2H3. The molecule has 0 aliphatic carbocycles. The third kappa shape index (κ3) is 4.11. The molecule has 5 aromatic rings. The van der Waals surface area contributed by atoms with Gasteiger partial charge in [0.1, 0.15) is 17.0 Å². The van der Waals surface area contributed by atoms with Crippen molar-refractivity contribution in [3.8, 4) is 33.9 Å². The Morgan fingerprint density at radius 2 is 1.94 bits per heavy atom. The van der Waals surface area contributed by atoms with Gasteiger partial charge in [0, 0.05) is 55.1 Å². The van der Waals surface area contributed by atoms with Gasteiger partial charge in [-0.25, -0.2) is 0 Å². The molecule has 0 amide bonds. The van der Waals surface area contributed by atoms with Crippen molar-refractivity contribution in [1.82, 2.24) is 34.5 Å². The highest BCUT2D eigenvalue weighted by Gasteiger charge is 2.30. The van der Waals surface area contributed by atoms with Crippen LogP contribution < -0.4 is 4.74 Å². The number of ether oxygens (including phenoxy) is 1. The molecule has 0 atom stereocenters. The Morgan fingerprint density at radius 1 is 1.06 bits per heavy atom. The number of aromatic nitrogens is 6. The highest BCUT2D eigenvalue weighted by atomic mass is 32.1. The summed E-state index contributed by atoms with van der Waals surface area (Å²) in [7, 11) is 3.52. The molecule has 4 heterocycles. The molecule has 1 saturated heterocycles. The third-order valence-electron chi connectivity index (χ3n) is 6.37. The van der Waals surface area contributed by atoms with Crippen LogP contribution in [0.15, 0.2) is 54.0 Å². The highest BCUT2D eigenvalue weighted by molar-refractivity contribution is 7.03. The first-order chi connectivity index (χ1) is 17.1. The van der Waals surface area contributed by atoms with Crippen LogP contribution in [0.25, 0.3) is 33.3 Å². The lowest BCUT2D eigenvalue weighted by Gasteiger charge is -2.38. The summed E-state index contributed by atoms with van der Waals surface area (Å²) in [5.74, 6) is 1.21. The summed E-state index contributed by atoms with van der Waals surface area (Å²) in [4.78, 5) is 2.32. The molecule has 3 aromatic heterocycles. The van der Waals surface area contributed by atoms with Gasteiger partial charge in [0.2, 0.25) is 0 Å². The summed E-state index contributed by atoms with van der Waals surface area (Å²) >= 11 is 1.38. The zero-order valence-electron chi connectivity index (χ0n) is 19.3. The number of nitrogens with zero attached hydrogens (tertiary/aromatic N) is 7. The topological polar surface area (TPSA) is 102 Å². The Balaban J connectivity index is 1.19. The first kappa shape index (κ1) is 21.6. The Labute approximate surface area is 205 Å². The second-order valence-electron chi connectivity index (χ2n) is 8.78. The van der Waals surface area contributed by atoms with Crippen molar-refractivity contribution in [2.45, 2.75) is 12.5 Å². The molecule has 1 aliphatic rings. The van der Waals surface area contributed by atoms with Gasteiger partial charge in [0.05, 0.1) is 24.2 Å². The summed E-state index contributed by atoms with van der Waals surface area (Å²) in [5.41, 5.74) is 5.89. The molecule has 1 N–H and O–H groups in total. The second kappa shape index (κ2) is 8.71. The van der Waals surface area contributed by atoms with E-state index in [-0.39, 0.29) is 5.75 Å². The van der Waals surface area contributed by atoms with Crippen LogP contribution in [-0.4, -0.2) is 59.8 Å². The maximum absolute atomic E-state index is 10.8. The Bertz CT molecular complexity index is 1490. The summed E-state index contributed by atoms with van der Waals surface area (Å²) in [6.45, 7) is 2.67. The van der Waals surface area contributed by atoms with E-state index in [1.165, 1.54) is 11.5 Å². The average molecular weight is 486 g/mol. The average Bonchev–Trinajstić information content (AvgIpc) is 3.49. The summed E-state index contributed by atoms with van der Waals surface area (Å²) in [5, 5.41) is 31.2. The van der Waals surface area contributed by atoms with Crippen LogP contribution in [-0.2, 0) is 13.6 Å². The van der Waals surface area contributed by atoms with Crippen LogP contribution >= 0.6 is 11.5 Å². The van der Waals surface area contributed by atoms with Gasteiger partial charge in [-0.1, -0.05) is 10.6 Å². The van der Waals surface area contributed by atoms with E-state index < -0.39 is 0 Å². The predicted molar refractivity (Wildman–Crippen MR) is 133 cm³/mol. The first-order valence-electron chi connectivity index (χ1n) is 11.2. The molecular formula is C25H23N7O2S. The molecule has 1 fully saturated rings. The van der Waals surface area contributed by atoms with Gasteiger partial charge >= 0.3 is 0 Å². The van der Waals surface area contributed by atoms with Crippen LogP contribution in [0.2, 0.25) is 0 Å². The van der Waals surface area contributed by atoms with Gasteiger partial charge in [-0.15, -0.1) is 5.10 Å². The third-order valence-corrected chi connectivity index (χ3v) is 6.92. The summed E-state index contributed by atoms with van der Waals surface area (Å²) in [6, 6.07) is 13.5. The van der Waals surface area contributed by atoms with Gasteiger partial charge < -0.3 is 9.84 Å². The monoisotopic (exact) mass is 485 g/mol. The van der Waals surface area contributed by atoms with E-state index in [4.69, 9.17) is 4.74 Å². The lowest BCUT2D eigenvalue weighted by molar-refractivity contribution is 0.135. The number of rotatable bonds is 6. The molecule has 0 radical (unpaired) electrons. The van der Waals surface area contributed by atoms with E-state index in [2.05, 4.69) is 29.8 Å². The summed E-state index contributed by atoms with van der Waals surface area (Å²) < 4.78 is 11.2. The molecule has 0 saturated carbocycles. The van der Waals surface area contributed by atoms with Crippen molar-refractivity contribution >= 4 is 22.4 Å². The highest BCUT2D eigenvalue weighted by Crippen LogP contribution is 2.36. The maximum atomic E-state index is 10.8. The van der Waals surface area contributed by atoms with E-state index in [9.17, 15) is 5.11 Å². The number of phenolic OH excluding ortho intramolecular Hbond substituents is 1. The predicted octanol–water partition coefficient (Wildman–Crippen LogP) is 3.86. The minimum absolute atomic E-state index is 0.154. The number of hydrogen-bond acceptors (Lipinski definition) is 9. The first-order valence-corrected chi connectivity index (χ1v) is 12.1. The Kier molecular flexibility index (Phi) is 5.39. The molecule has 35 heavy (non-hydrogen) atoms. The number of fused-ring (bicyclic) bond motifs is 1. The van der Waals surface area contributed by atoms with Crippen molar-refractivity contribution < 1.29 is 9.84 Å². The number of aryl methyl sites for hydroxylation is 1. The van der Waals surface area contributed by atoms with Crippen LogP contribution in [0.1, 0.15) is 17.3 Å². The lowest BCUT2D eigenvalue weighted by atomic mass is 9.95. The van der Waals surface area contributed by atoms with Crippen molar-refractivity contribution in [2.75, 3.05) is 20.2 Å². The van der Waals surface area contributed by atoms with Gasteiger partial charge in [-0.2, -0.15) is 15.3 Å². The molecule has 2 aromatic carbocycles. The van der Waals surface area contributed by atoms with Crippen LogP contribution in [0, 0.1) is 0 Å². The fraction of sp³-hybridized carbons (Fsp3) is 0.240. The SMILES string of the molecule is COc1cc(-c2ccc(-c3ccc(C4CN(Cc5csnn5)C4)nn3)c(O)c2)cc2cn(C)nc12. The second-order valence-corrected chi connectivity index (χ2v) is 9.39. The number of hydrogen-bond donors (Lipinski definition) is 1. The molecule has 6 rings (SSSR count). The van der Waals surface area contributed by atoms with Crippen LogP contribution in [0.3, 0.4) is 0 Å². The molecule has 10 heteroatoms. The van der Waals surface area contributed by atoms with E-state index in [1.807, 2.05) is 55.0 Å². The molecular weight excluding hydrogens is 462 g/mol. The molecule has 0 unspecified atom stereocenters. The minimum Gasteiger partial charge on any atom is -0.507 e. The molecule has 9 nitrogen and oxygen atoms in total. The smallest absolute Gasteiger partial charge is 0.147 e. The Hall–Kier alpha value is -3.89. The van der Waals surface area contributed by atoms with E-state index >= 15 is 0 Å². The summed E-state index contributed by atoms with van der Waals surface area (Å²) in [6.07, 6.45) is 1.95. The fourth-order valence-corrected chi connectivity index (χ4v) is 4.99. The number of likely N-dealkylation sites (tertiary alicyclic amines) is 1. The lowest BCUT2D eigenvalue weighted by Crippen LogP contribution is -2.44. The normalized spacial score (nSPS) is 14.3. The van der Waals surface area contributed by atoms with Crippen molar-refractivity contribution in [3.05, 3.63) is 65.4 Å². The van der Waals surface area contributed by atoms with Gasteiger partial charge in [0.15, 0.2) is 0 Å². The van der Waals surface area contributed by atoms with Crippen molar-refractivity contribution in [1.29, 1.82) is 0 Å². The van der Waals surface area contributed by atoms with Gasteiger partial charge in [-0.3, -0.25) is 9.58 Å². The number of phenols is 1. The molecule has 176 valence electrons. The van der Waals surface area contributed by atoms with Gasteiger partial charge in [-0.05, 0) is 59.1 Å². The molecule has 0 spiro atoms. The fourth-order valence-electron chi connectivity index (χ4n) is 4.54. The minimum atomic E-state index is 0.154. The molecule has 0 bridgehead atoms. The zero-order chi connectivity index (χ0) is 23.9. The Morgan fingerprint density at radius 3 is 2.66 bits per heavy atom. The zero-order valence-corrected chi connectivity index (χ0v) is 20.1.